The Morgan fingerprint density at radius 1 is 1.18 bits per heavy atom. The van der Waals surface area contributed by atoms with Gasteiger partial charge in [-0.3, -0.25) is 14.5 Å². The summed E-state index contributed by atoms with van der Waals surface area (Å²) in [5.41, 5.74) is -0.681. The van der Waals surface area contributed by atoms with Crippen molar-refractivity contribution in [3.8, 4) is 0 Å². The Hall–Kier alpha value is -1.77. The first kappa shape index (κ1) is 16.6. The number of hydrogen-bond acceptors (Lipinski definition) is 7. The van der Waals surface area contributed by atoms with Gasteiger partial charge in [0.2, 0.25) is 0 Å². The van der Waals surface area contributed by atoms with Gasteiger partial charge >= 0.3 is 12.1 Å². The summed E-state index contributed by atoms with van der Waals surface area (Å²) >= 11 is 1.20. The maximum absolute atomic E-state index is 12.1. The number of carbonyl (C=O) groups is 4. The Bertz CT molecular complexity index is 499. The SMILES string of the molecule is CC(C)(C)OC(=O)N1CCSC1C(=O)ON1C(=O)CCC1=O. The Morgan fingerprint density at radius 2 is 1.77 bits per heavy atom. The highest BCUT2D eigenvalue weighted by Gasteiger charge is 2.41. The minimum atomic E-state index is -0.920. The average molecular weight is 330 g/mol. The molecule has 0 aliphatic carbocycles. The fourth-order valence-electron chi connectivity index (χ4n) is 1.97. The second-order valence-corrected chi connectivity index (χ2v) is 7.08. The second-order valence-electron chi connectivity index (χ2n) is 5.89. The quantitative estimate of drug-likeness (QED) is 0.694. The van der Waals surface area contributed by atoms with E-state index in [1.165, 1.54) is 16.7 Å². The van der Waals surface area contributed by atoms with Crippen molar-refractivity contribution >= 4 is 35.6 Å². The number of nitrogens with zero attached hydrogens (tertiary/aromatic N) is 2. The molecule has 0 aromatic carbocycles. The molecule has 2 aliphatic heterocycles. The van der Waals surface area contributed by atoms with E-state index >= 15 is 0 Å². The second kappa shape index (κ2) is 6.15. The van der Waals surface area contributed by atoms with Crippen LogP contribution in [-0.4, -0.2) is 57.1 Å². The Morgan fingerprint density at radius 3 is 2.32 bits per heavy atom. The van der Waals surface area contributed by atoms with E-state index in [1.54, 1.807) is 20.8 Å². The van der Waals surface area contributed by atoms with E-state index in [2.05, 4.69) is 0 Å². The van der Waals surface area contributed by atoms with Crippen molar-refractivity contribution < 1.29 is 28.8 Å². The van der Waals surface area contributed by atoms with E-state index in [0.29, 0.717) is 17.4 Å². The molecule has 122 valence electrons. The molecular weight excluding hydrogens is 312 g/mol. The van der Waals surface area contributed by atoms with Crippen LogP contribution in [-0.2, 0) is 24.0 Å². The minimum Gasteiger partial charge on any atom is -0.444 e. The van der Waals surface area contributed by atoms with Crippen LogP contribution < -0.4 is 0 Å². The molecule has 2 heterocycles. The first-order valence-electron chi connectivity index (χ1n) is 6.88. The van der Waals surface area contributed by atoms with Crippen molar-refractivity contribution in [1.29, 1.82) is 0 Å². The van der Waals surface area contributed by atoms with Gasteiger partial charge in [-0.2, -0.15) is 0 Å². The van der Waals surface area contributed by atoms with Gasteiger partial charge in [0.1, 0.15) is 5.60 Å². The molecule has 2 rings (SSSR count). The minimum absolute atomic E-state index is 0.0275. The van der Waals surface area contributed by atoms with Gasteiger partial charge in [-0.1, -0.05) is 0 Å². The highest BCUT2D eigenvalue weighted by Crippen LogP contribution is 2.27. The summed E-state index contributed by atoms with van der Waals surface area (Å²) in [4.78, 5) is 53.2. The van der Waals surface area contributed by atoms with Crippen LogP contribution in [0.4, 0.5) is 4.79 Å². The first-order chi connectivity index (χ1) is 10.2. The van der Waals surface area contributed by atoms with Crippen LogP contribution in [0.15, 0.2) is 0 Å². The van der Waals surface area contributed by atoms with Crippen LogP contribution in [0.25, 0.3) is 0 Å². The van der Waals surface area contributed by atoms with Crippen molar-refractivity contribution in [2.45, 2.75) is 44.6 Å². The third-order valence-corrected chi connectivity index (χ3v) is 4.09. The zero-order valence-corrected chi connectivity index (χ0v) is 13.5. The highest BCUT2D eigenvalue weighted by molar-refractivity contribution is 8.00. The number of imide groups is 1. The number of thioether (sulfide) groups is 1. The van der Waals surface area contributed by atoms with E-state index < -0.39 is 34.9 Å². The lowest BCUT2D eigenvalue weighted by Gasteiger charge is -2.27. The molecule has 0 radical (unpaired) electrons. The lowest BCUT2D eigenvalue weighted by molar-refractivity contribution is -0.198. The molecule has 8 nitrogen and oxygen atoms in total. The lowest BCUT2D eigenvalue weighted by Crippen LogP contribution is -2.45. The largest absolute Gasteiger partial charge is 0.444 e. The van der Waals surface area contributed by atoms with E-state index in [-0.39, 0.29) is 12.8 Å². The number of ether oxygens (including phenoxy) is 1. The van der Waals surface area contributed by atoms with Gasteiger partial charge < -0.3 is 9.57 Å². The van der Waals surface area contributed by atoms with Gasteiger partial charge in [0, 0.05) is 25.1 Å². The van der Waals surface area contributed by atoms with Crippen LogP contribution in [0.1, 0.15) is 33.6 Å². The van der Waals surface area contributed by atoms with Gasteiger partial charge in [0.25, 0.3) is 11.8 Å². The molecule has 0 bridgehead atoms. The summed E-state index contributed by atoms with van der Waals surface area (Å²) in [6.07, 6.45) is -0.571. The number of hydrogen-bond donors (Lipinski definition) is 0. The van der Waals surface area contributed by atoms with Gasteiger partial charge in [0.15, 0.2) is 5.37 Å². The normalized spacial score (nSPS) is 22.2. The summed E-state index contributed by atoms with van der Waals surface area (Å²) < 4.78 is 5.23. The maximum atomic E-state index is 12.1. The average Bonchev–Trinajstić information content (AvgIpc) is 2.98. The van der Waals surface area contributed by atoms with Crippen molar-refractivity contribution in [3.05, 3.63) is 0 Å². The number of hydroxylamine groups is 2. The predicted octanol–water partition coefficient (Wildman–Crippen LogP) is 0.904. The first-order valence-corrected chi connectivity index (χ1v) is 7.93. The van der Waals surface area contributed by atoms with Crippen LogP contribution in [0, 0.1) is 0 Å². The van der Waals surface area contributed by atoms with Crippen molar-refractivity contribution in [1.82, 2.24) is 9.96 Å². The van der Waals surface area contributed by atoms with Crippen LogP contribution in [0.5, 0.6) is 0 Å². The summed E-state index contributed by atoms with van der Waals surface area (Å²) in [5.74, 6) is -1.38. The summed E-state index contributed by atoms with van der Waals surface area (Å²) in [6, 6.07) is 0. The van der Waals surface area contributed by atoms with E-state index in [0.717, 1.165) is 0 Å². The zero-order valence-electron chi connectivity index (χ0n) is 12.7. The third kappa shape index (κ3) is 3.70. The van der Waals surface area contributed by atoms with Crippen molar-refractivity contribution in [2.24, 2.45) is 0 Å². The summed E-state index contributed by atoms with van der Waals surface area (Å²) in [7, 11) is 0. The molecule has 0 spiro atoms. The predicted molar refractivity (Wildman–Crippen MR) is 76.4 cm³/mol. The molecule has 2 fully saturated rings. The zero-order chi connectivity index (χ0) is 16.5. The molecule has 3 amide bonds. The summed E-state index contributed by atoms with van der Waals surface area (Å²) in [5, 5.41) is -0.440. The fraction of sp³-hybridized carbons (Fsp3) is 0.692. The molecule has 0 aromatic heterocycles. The maximum Gasteiger partial charge on any atom is 0.411 e. The molecule has 1 unspecified atom stereocenters. The van der Waals surface area contributed by atoms with Crippen LogP contribution >= 0.6 is 11.8 Å². The summed E-state index contributed by atoms with van der Waals surface area (Å²) in [6.45, 7) is 5.51. The van der Waals surface area contributed by atoms with Gasteiger partial charge in [0.05, 0.1) is 0 Å². The van der Waals surface area contributed by atoms with Crippen LogP contribution in [0.2, 0.25) is 0 Å². The van der Waals surface area contributed by atoms with Gasteiger partial charge in [-0.25, -0.2) is 9.59 Å². The smallest absolute Gasteiger partial charge is 0.411 e. The van der Waals surface area contributed by atoms with E-state index in [9.17, 15) is 19.2 Å². The standard InChI is InChI=1S/C13H18N2O6S/c1-13(2,3)20-12(19)14-6-7-22-10(14)11(18)21-15-8(16)4-5-9(15)17/h10H,4-7H2,1-3H3. The molecule has 0 aromatic rings. The molecule has 2 saturated heterocycles. The third-order valence-electron chi connectivity index (χ3n) is 2.91. The van der Waals surface area contributed by atoms with Crippen molar-refractivity contribution in [2.75, 3.05) is 12.3 Å². The molecule has 22 heavy (non-hydrogen) atoms. The van der Waals surface area contributed by atoms with Gasteiger partial charge in [-0.05, 0) is 20.8 Å². The van der Waals surface area contributed by atoms with E-state index in [4.69, 9.17) is 9.57 Å². The Kier molecular flexibility index (Phi) is 4.64. The van der Waals surface area contributed by atoms with Crippen LogP contribution in [0.3, 0.4) is 0 Å². The van der Waals surface area contributed by atoms with Gasteiger partial charge in [-0.15, -0.1) is 16.8 Å². The molecule has 0 saturated carbocycles. The Labute approximate surface area is 132 Å². The Balaban J connectivity index is 2.00. The lowest BCUT2D eigenvalue weighted by atomic mass is 10.2. The molecule has 9 heteroatoms. The fourth-order valence-corrected chi connectivity index (χ4v) is 3.04. The number of amides is 3. The monoisotopic (exact) mass is 330 g/mol. The highest BCUT2D eigenvalue weighted by atomic mass is 32.2. The molecular formula is C13H18N2O6S. The number of rotatable bonds is 2. The van der Waals surface area contributed by atoms with Crippen molar-refractivity contribution in [3.63, 3.8) is 0 Å². The van der Waals surface area contributed by atoms with E-state index in [1.807, 2.05) is 0 Å². The topological polar surface area (TPSA) is 93.2 Å². The molecule has 2 aliphatic rings. The molecule has 0 N–H and O–H groups in total. The molecule has 1 atom stereocenters. The number of carbonyl (C=O) groups excluding carboxylic acids is 4.